The second-order valence-corrected chi connectivity index (χ2v) is 6.11. The van der Waals surface area contributed by atoms with Crippen molar-refractivity contribution in [2.75, 3.05) is 0 Å². The average Bonchev–Trinajstić information content (AvgIpc) is 2.86. The van der Waals surface area contributed by atoms with Crippen LogP contribution in [0.5, 0.6) is 0 Å². The van der Waals surface area contributed by atoms with Crippen LogP contribution < -0.4 is 5.32 Å². The minimum Gasteiger partial charge on any atom is -0.296 e. The van der Waals surface area contributed by atoms with Crippen LogP contribution in [-0.2, 0) is 9.59 Å². The molecule has 6 heteroatoms. The average molecular weight is 304 g/mol. The molecule has 0 radical (unpaired) electrons. The van der Waals surface area contributed by atoms with Gasteiger partial charge in [0.1, 0.15) is 5.82 Å². The Morgan fingerprint density at radius 2 is 2.00 bits per heavy atom. The van der Waals surface area contributed by atoms with Gasteiger partial charge in [0.2, 0.25) is 11.8 Å². The summed E-state index contributed by atoms with van der Waals surface area (Å²) in [4.78, 5) is 28.3. The van der Waals surface area contributed by atoms with Gasteiger partial charge in [-0.2, -0.15) is 0 Å². The number of imide groups is 1. The summed E-state index contributed by atoms with van der Waals surface area (Å²) in [6.45, 7) is 1.88. The topological polar surface area (TPSA) is 59.1 Å². The molecule has 1 N–H and O–H groups in total. The number of rotatable bonds is 2. The smallest absolute Gasteiger partial charge is 0.234 e. The van der Waals surface area contributed by atoms with Gasteiger partial charge in [0.05, 0.1) is 16.6 Å². The Labute approximate surface area is 125 Å². The summed E-state index contributed by atoms with van der Waals surface area (Å²) in [5.41, 5.74) is 1.44. The molecule has 0 aliphatic carbocycles. The normalized spacial score (nSPS) is 22.2. The van der Waals surface area contributed by atoms with Crippen molar-refractivity contribution in [3.63, 3.8) is 0 Å². The fourth-order valence-electron chi connectivity index (χ4n) is 2.65. The minimum atomic E-state index is -0.523. The van der Waals surface area contributed by atoms with Crippen molar-refractivity contribution in [2.24, 2.45) is 0 Å². The number of halogens is 1. The van der Waals surface area contributed by atoms with E-state index in [-0.39, 0.29) is 30.0 Å². The SMILES string of the molecule is Cc1nc(C2CC(=O)NC(=O)C2c2ccc(F)cc2)cs1. The summed E-state index contributed by atoms with van der Waals surface area (Å²) in [6, 6.07) is 5.81. The van der Waals surface area contributed by atoms with E-state index in [2.05, 4.69) is 10.3 Å². The van der Waals surface area contributed by atoms with Crippen molar-refractivity contribution in [3.8, 4) is 0 Å². The minimum absolute atomic E-state index is 0.205. The van der Waals surface area contributed by atoms with Crippen molar-refractivity contribution in [1.82, 2.24) is 10.3 Å². The molecular weight excluding hydrogens is 291 g/mol. The summed E-state index contributed by atoms with van der Waals surface area (Å²) in [5.74, 6) is -1.83. The largest absolute Gasteiger partial charge is 0.296 e. The molecule has 1 aliphatic heterocycles. The Hall–Kier alpha value is -2.08. The fourth-order valence-corrected chi connectivity index (χ4v) is 3.32. The van der Waals surface area contributed by atoms with E-state index in [1.54, 1.807) is 12.1 Å². The van der Waals surface area contributed by atoms with Crippen LogP contribution in [0.4, 0.5) is 4.39 Å². The molecule has 21 heavy (non-hydrogen) atoms. The highest BCUT2D eigenvalue weighted by Gasteiger charge is 2.39. The summed E-state index contributed by atoms with van der Waals surface area (Å²) in [6.07, 6.45) is 0.205. The number of benzene rings is 1. The van der Waals surface area contributed by atoms with Gasteiger partial charge in [0.25, 0.3) is 0 Å². The summed E-state index contributed by atoms with van der Waals surface area (Å²) in [7, 11) is 0. The predicted molar refractivity (Wildman–Crippen MR) is 76.5 cm³/mol. The molecule has 0 saturated carbocycles. The number of piperidine rings is 1. The second-order valence-electron chi connectivity index (χ2n) is 5.04. The summed E-state index contributed by atoms with van der Waals surface area (Å²) >= 11 is 1.49. The van der Waals surface area contributed by atoms with E-state index >= 15 is 0 Å². The molecule has 2 aromatic rings. The van der Waals surface area contributed by atoms with Crippen LogP contribution in [0.3, 0.4) is 0 Å². The third-order valence-corrected chi connectivity index (χ3v) is 4.39. The van der Waals surface area contributed by atoms with Crippen LogP contribution in [0, 0.1) is 12.7 Å². The number of nitrogens with one attached hydrogen (secondary N) is 1. The molecule has 1 aromatic carbocycles. The van der Waals surface area contributed by atoms with E-state index in [1.165, 1.54) is 23.5 Å². The highest BCUT2D eigenvalue weighted by Crippen LogP contribution is 2.38. The highest BCUT2D eigenvalue weighted by molar-refractivity contribution is 7.09. The summed E-state index contributed by atoms with van der Waals surface area (Å²) in [5, 5.41) is 5.12. The molecule has 1 saturated heterocycles. The van der Waals surface area contributed by atoms with Crippen molar-refractivity contribution in [3.05, 3.63) is 51.7 Å². The van der Waals surface area contributed by atoms with Gasteiger partial charge in [-0.3, -0.25) is 14.9 Å². The number of amides is 2. The first kappa shape index (κ1) is 13.9. The van der Waals surface area contributed by atoms with E-state index in [0.29, 0.717) is 5.56 Å². The third kappa shape index (κ3) is 2.71. The standard InChI is InChI=1S/C15H13FN2O2S/c1-8-17-12(7-21-8)11-6-13(19)18-15(20)14(11)9-2-4-10(16)5-3-9/h2-5,7,11,14H,6H2,1H3,(H,18,19,20). The van der Waals surface area contributed by atoms with Crippen molar-refractivity contribution in [1.29, 1.82) is 0 Å². The van der Waals surface area contributed by atoms with Gasteiger partial charge in [-0.1, -0.05) is 12.1 Å². The molecule has 2 amide bonds. The van der Waals surface area contributed by atoms with Crippen LogP contribution in [0.1, 0.15) is 34.5 Å². The van der Waals surface area contributed by atoms with Crippen molar-refractivity contribution in [2.45, 2.75) is 25.2 Å². The van der Waals surface area contributed by atoms with Crippen LogP contribution in [0.2, 0.25) is 0 Å². The lowest BCUT2D eigenvalue weighted by atomic mass is 9.79. The van der Waals surface area contributed by atoms with E-state index in [9.17, 15) is 14.0 Å². The lowest BCUT2D eigenvalue weighted by Crippen LogP contribution is -2.43. The third-order valence-electron chi connectivity index (χ3n) is 3.60. The number of aromatic nitrogens is 1. The number of hydrogen-bond acceptors (Lipinski definition) is 4. The molecule has 0 bridgehead atoms. The number of nitrogens with zero attached hydrogens (tertiary/aromatic N) is 1. The van der Waals surface area contributed by atoms with Crippen molar-refractivity contribution < 1.29 is 14.0 Å². The van der Waals surface area contributed by atoms with Gasteiger partial charge in [0.15, 0.2) is 0 Å². The van der Waals surface area contributed by atoms with Gasteiger partial charge in [-0.05, 0) is 24.6 Å². The molecule has 2 atom stereocenters. The Balaban J connectivity index is 2.02. The zero-order valence-corrected chi connectivity index (χ0v) is 12.1. The summed E-state index contributed by atoms with van der Waals surface area (Å²) < 4.78 is 13.1. The molecule has 1 aliphatic rings. The molecule has 1 fully saturated rings. The van der Waals surface area contributed by atoms with E-state index in [1.807, 2.05) is 12.3 Å². The van der Waals surface area contributed by atoms with Gasteiger partial charge >= 0.3 is 0 Å². The molecule has 2 unspecified atom stereocenters. The molecule has 0 spiro atoms. The van der Waals surface area contributed by atoms with Crippen LogP contribution >= 0.6 is 11.3 Å². The molecular formula is C15H13FN2O2S. The first-order valence-electron chi connectivity index (χ1n) is 6.56. The first-order chi connectivity index (χ1) is 10.0. The van der Waals surface area contributed by atoms with Gasteiger partial charge in [-0.15, -0.1) is 11.3 Å². The monoisotopic (exact) mass is 304 g/mol. The number of thiazole rings is 1. The van der Waals surface area contributed by atoms with Crippen molar-refractivity contribution >= 4 is 23.2 Å². The van der Waals surface area contributed by atoms with E-state index in [0.717, 1.165) is 10.7 Å². The zero-order valence-electron chi connectivity index (χ0n) is 11.3. The van der Waals surface area contributed by atoms with E-state index in [4.69, 9.17) is 0 Å². The molecule has 108 valence electrons. The van der Waals surface area contributed by atoms with Gasteiger partial charge in [-0.25, -0.2) is 9.37 Å². The molecule has 3 rings (SSSR count). The zero-order chi connectivity index (χ0) is 15.0. The second kappa shape index (κ2) is 5.37. The molecule has 1 aromatic heterocycles. The lowest BCUT2D eigenvalue weighted by Gasteiger charge is -2.29. The van der Waals surface area contributed by atoms with E-state index < -0.39 is 5.92 Å². The Bertz CT molecular complexity index is 696. The molecule has 4 nitrogen and oxygen atoms in total. The maximum absolute atomic E-state index is 13.1. The van der Waals surface area contributed by atoms with Crippen LogP contribution in [-0.4, -0.2) is 16.8 Å². The quantitative estimate of drug-likeness (QED) is 0.867. The number of carbonyl (C=O) groups is 2. The number of carbonyl (C=O) groups excluding carboxylic acids is 2. The van der Waals surface area contributed by atoms with Crippen LogP contribution in [0.15, 0.2) is 29.6 Å². The first-order valence-corrected chi connectivity index (χ1v) is 7.44. The Kier molecular flexibility index (Phi) is 3.55. The maximum atomic E-state index is 13.1. The molecule has 2 heterocycles. The number of hydrogen-bond donors (Lipinski definition) is 1. The fraction of sp³-hybridized carbons (Fsp3) is 0.267. The van der Waals surface area contributed by atoms with Gasteiger partial charge in [0, 0.05) is 17.7 Å². The van der Waals surface area contributed by atoms with Crippen LogP contribution in [0.25, 0.3) is 0 Å². The Morgan fingerprint density at radius 3 is 2.62 bits per heavy atom. The Morgan fingerprint density at radius 1 is 1.29 bits per heavy atom. The number of aryl methyl sites for hydroxylation is 1. The van der Waals surface area contributed by atoms with Gasteiger partial charge < -0.3 is 0 Å². The highest BCUT2D eigenvalue weighted by atomic mass is 32.1. The predicted octanol–water partition coefficient (Wildman–Crippen LogP) is 2.50. The lowest BCUT2D eigenvalue weighted by molar-refractivity contribution is -0.135. The maximum Gasteiger partial charge on any atom is 0.234 e.